The molecule has 1 N–H and O–H groups in total. The Hall–Kier alpha value is -3.01. The minimum absolute atomic E-state index is 0.216. The van der Waals surface area contributed by atoms with Gasteiger partial charge < -0.3 is 5.32 Å². The van der Waals surface area contributed by atoms with Crippen LogP contribution in [-0.2, 0) is 12.8 Å². The van der Waals surface area contributed by atoms with Gasteiger partial charge in [0.2, 0.25) is 0 Å². The van der Waals surface area contributed by atoms with Crippen LogP contribution < -0.4 is 5.32 Å². The lowest BCUT2D eigenvalue weighted by Crippen LogP contribution is -2.13. The molecule has 1 atom stereocenters. The first-order chi connectivity index (χ1) is 16.1. The summed E-state index contributed by atoms with van der Waals surface area (Å²) in [5.41, 5.74) is 4.73. The van der Waals surface area contributed by atoms with Crippen LogP contribution in [0, 0.1) is 17.2 Å². The van der Waals surface area contributed by atoms with Crippen molar-refractivity contribution >= 4 is 49.1 Å². The number of halogens is 1. The van der Waals surface area contributed by atoms with Gasteiger partial charge in [-0.2, -0.15) is 5.26 Å². The van der Waals surface area contributed by atoms with Gasteiger partial charge in [-0.1, -0.05) is 59.6 Å². The van der Waals surface area contributed by atoms with Gasteiger partial charge in [-0.25, -0.2) is 4.98 Å². The lowest BCUT2D eigenvalue weighted by atomic mass is 9.86. The van der Waals surface area contributed by atoms with E-state index in [9.17, 15) is 10.1 Å². The molecule has 164 valence electrons. The van der Waals surface area contributed by atoms with Gasteiger partial charge in [0, 0.05) is 20.3 Å². The lowest BCUT2D eigenvalue weighted by Gasteiger charge is -2.20. The van der Waals surface area contributed by atoms with Crippen molar-refractivity contribution in [1.82, 2.24) is 4.98 Å². The summed E-state index contributed by atoms with van der Waals surface area (Å²) in [4.78, 5) is 19.6. The number of amides is 1. The van der Waals surface area contributed by atoms with E-state index in [-0.39, 0.29) is 5.91 Å². The Balaban J connectivity index is 1.56. The van der Waals surface area contributed by atoms with Gasteiger partial charge in [-0.15, -0.1) is 11.3 Å². The Morgan fingerprint density at radius 3 is 2.88 bits per heavy atom. The van der Waals surface area contributed by atoms with E-state index in [0.29, 0.717) is 22.0 Å². The highest BCUT2D eigenvalue weighted by Gasteiger charge is 2.26. The molecular formula is C27H22BrN3OS. The summed E-state index contributed by atoms with van der Waals surface area (Å²) >= 11 is 5.08. The van der Waals surface area contributed by atoms with Crippen molar-refractivity contribution in [2.45, 2.75) is 32.6 Å². The number of carbonyl (C=O) groups excluding carboxylic acids is 1. The van der Waals surface area contributed by atoms with Crippen LogP contribution >= 0.6 is 27.3 Å². The molecule has 0 fully saturated rings. The van der Waals surface area contributed by atoms with Crippen molar-refractivity contribution in [1.29, 1.82) is 5.26 Å². The van der Waals surface area contributed by atoms with E-state index in [0.717, 1.165) is 57.9 Å². The van der Waals surface area contributed by atoms with Gasteiger partial charge in [-0.05, 0) is 55.0 Å². The molecule has 33 heavy (non-hydrogen) atoms. The number of benzene rings is 2. The van der Waals surface area contributed by atoms with Crippen molar-refractivity contribution < 1.29 is 4.79 Å². The zero-order valence-corrected chi connectivity index (χ0v) is 20.6. The first kappa shape index (κ1) is 21.8. The molecule has 0 aliphatic heterocycles. The van der Waals surface area contributed by atoms with Crippen LogP contribution in [0.5, 0.6) is 0 Å². The van der Waals surface area contributed by atoms with Gasteiger partial charge in [0.05, 0.1) is 22.3 Å². The fourth-order valence-corrected chi connectivity index (χ4v) is 6.25. The van der Waals surface area contributed by atoms with Crippen LogP contribution in [0.3, 0.4) is 0 Å². The monoisotopic (exact) mass is 515 g/mol. The second kappa shape index (κ2) is 9.09. The second-order valence-corrected chi connectivity index (χ2v) is 10.4. The highest BCUT2D eigenvalue weighted by molar-refractivity contribution is 9.10. The predicted molar refractivity (Wildman–Crippen MR) is 138 cm³/mol. The predicted octanol–water partition coefficient (Wildman–Crippen LogP) is 7.36. The average molecular weight is 516 g/mol. The highest BCUT2D eigenvalue weighted by atomic mass is 79.9. The Morgan fingerprint density at radius 2 is 2.09 bits per heavy atom. The largest absolute Gasteiger partial charge is 0.312 e. The summed E-state index contributed by atoms with van der Waals surface area (Å²) < 4.78 is 0.953. The van der Waals surface area contributed by atoms with Gasteiger partial charge in [0.15, 0.2) is 0 Å². The smallest absolute Gasteiger partial charge is 0.257 e. The molecule has 0 unspecified atom stereocenters. The maximum absolute atomic E-state index is 13.5. The fraction of sp³-hybridized carbons (Fsp3) is 0.222. The zero-order chi connectivity index (χ0) is 22.9. The number of nitrogens with one attached hydrogen (secondary N) is 1. The van der Waals surface area contributed by atoms with Crippen molar-refractivity contribution in [3.63, 3.8) is 0 Å². The third-order valence-electron chi connectivity index (χ3n) is 6.36. The van der Waals surface area contributed by atoms with Crippen molar-refractivity contribution in [3.8, 4) is 17.3 Å². The molecule has 0 spiro atoms. The minimum Gasteiger partial charge on any atom is -0.312 e. The Bertz CT molecular complexity index is 1420. The van der Waals surface area contributed by atoms with Crippen molar-refractivity contribution in [3.05, 3.63) is 80.6 Å². The number of fused-ring (bicyclic) bond motifs is 2. The molecule has 2 heterocycles. The van der Waals surface area contributed by atoms with E-state index in [1.54, 1.807) is 11.3 Å². The molecule has 1 amide bonds. The molecule has 0 radical (unpaired) electrons. The summed E-state index contributed by atoms with van der Waals surface area (Å²) in [6.07, 6.45) is 4.15. The summed E-state index contributed by atoms with van der Waals surface area (Å²) in [5.74, 6) is 0.440. The maximum Gasteiger partial charge on any atom is 0.257 e. The number of pyridine rings is 1. The minimum atomic E-state index is -0.216. The number of para-hydroxylation sites is 1. The summed E-state index contributed by atoms with van der Waals surface area (Å²) in [5, 5.41) is 14.4. The molecule has 4 aromatic rings. The van der Waals surface area contributed by atoms with Crippen LogP contribution in [0.2, 0.25) is 0 Å². The number of hydrogen-bond donors (Lipinski definition) is 1. The molecule has 2 aromatic heterocycles. The van der Waals surface area contributed by atoms with E-state index < -0.39 is 0 Å². The first-order valence-corrected chi connectivity index (χ1v) is 12.7. The zero-order valence-electron chi connectivity index (χ0n) is 18.2. The van der Waals surface area contributed by atoms with Crippen LogP contribution in [0.15, 0.2) is 59.1 Å². The Labute approximate surface area is 205 Å². The Kier molecular flexibility index (Phi) is 6.01. The summed E-state index contributed by atoms with van der Waals surface area (Å²) in [6.45, 7) is 2.22. The number of rotatable bonds is 4. The topological polar surface area (TPSA) is 65.8 Å². The first-order valence-electron chi connectivity index (χ1n) is 11.1. The van der Waals surface area contributed by atoms with E-state index in [1.807, 2.05) is 54.6 Å². The number of aromatic nitrogens is 1. The molecule has 5 rings (SSSR count). The number of thiophene rings is 1. The van der Waals surface area contributed by atoms with Crippen molar-refractivity contribution in [2.24, 2.45) is 5.92 Å². The van der Waals surface area contributed by atoms with Gasteiger partial charge in [0.25, 0.3) is 5.91 Å². The highest BCUT2D eigenvalue weighted by Crippen LogP contribution is 2.40. The normalized spacial score (nSPS) is 15.1. The fourth-order valence-electron chi connectivity index (χ4n) is 4.54. The molecule has 6 heteroatoms. The molecule has 4 nitrogen and oxygen atoms in total. The molecule has 1 aliphatic rings. The number of nitrogens with zero attached hydrogens (tertiary/aromatic N) is 2. The molecule has 0 saturated carbocycles. The number of carbonyl (C=O) groups is 1. The number of hydrogen-bond acceptors (Lipinski definition) is 4. The van der Waals surface area contributed by atoms with Crippen molar-refractivity contribution in [2.75, 3.05) is 5.32 Å². The Morgan fingerprint density at radius 1 is 1.24 bits per heavy atom. The van der Waals surface area contributed by atoms with Gasteiger partial charge >= 0.3 is 0 Å². The second-order valence-electron chi connectivity index (χ2n) is 8.37. The number of nitriles is 1. The lowest BCUT2D eigenvalue weighted by molar-refractivity contribution is 0.102. The third-order valence-corrected chi connectivity index (χ3v) is 8.03. The van der Waals surface area contributed by atoms with Crippen LogP contribution in [0.25, 0.3) is 22.2 Å². The van der Waals surface area contributed by atoms with E-state index in [4.69, 9.17) is 4.98 Å². The number of anilines is 1. The van der Waals surface area contributed by atoms with Gasteiger partial charge in [-0.3, -0.25) is 4.79 Å². The maximum atomic E-state index is 13.5. The van der Waals surface area contributed by atoms with Crippen LogP contribution in [0.1, 0.15) is 46.1 Å². The molecule has 0 bridgehead atoms. The SMILES string of the molecule is CC[C@H]1CCc2c(sc(NC(=O)c3cc(-c4cccc(Br)c4)nc4ccccc34)c2C#N)C1. The third kappa shape index (κ3) is 4.19. The molecule has 0 saturated heterocycles. The van der Waals surface area contributed by atoms with E-state index in [1.165, 1.54) is 4.88 Å². The molecule has 1 aliphatic carbocycles. The van der Waals surface area contributed by atoms with Gasteiger partial charge in [0.1, 0.15) is 11.1 Å². The standard InChI is InChI=1S/C27H22BrN3OS/c1-2-16-10-11-20-22(15-29)27(33-25(20)12-16)31-26(32)21-14-24(17-6-5-7-18(28)13-17)30-23-9-4-3-8-19(21)23/h3-9,13-14,16H,2,10-12H2,1H3,(H,31,32)/t16-/m0/s1. The quantitative estimate of drug-likeness (QED) is 0.308. The molecular weight excluding hydrogens is 494 g/mol. The van der Waals surface area contributed by atoms with E-state index >= 15 is 0 Å². The van der Waals surface area contributed by atoms with Crippen LogP contribution in [0.4, 0.5) is 5.00 Å². The molecule has 2 aromatic carbocycles. The van der Waals surface area contributed by atoms with E-state index in [2.05, 4.69) is 34.2 Å². The summed E-state index contributed by atoms with van der Waals surface area (Å²) in [7, 11) is 0. The van der Waals surface area contributed by atoms with Crippen LogP contribution in [-0.4, -0.2) is 10.9 Å². The average Bonchev–Trinajstić information content (AvgIpc) is 3.19. The summed E-state index contributed by atoms with van der Waals surface area (Å²) in [6, 6.07) is 19.7.